The third kappa shape index (κ3) is 4.05. The summed E-state index contributed by atoms with van der Waals surface area (Å²) < 4.78 is 26.7. The van der Waals surface area contributed by atoms with E-state index in [0.717, 1.165) is 0 Å². The number of sulfonamides is 1. The molecular formula is C14H18N4O2S2. The van der Waals surface area contributed by atoms with Gasteiger partial charge in [-0.3, -0.25) is 4.90 Å². The first kappa shape index (κ1) is 16.9. The lowest BCUT2D eigenvalue weighted by Gasteiger charge is -2.34. The van der Waals surface area contributed by atoms with E-state index in [1.807, 2.05) is 0 Å². The van der Waals surface area contributed by atoms with Crippen LogP contribution in [0.5, 0.6) is 0 Å². The van der Waals surface area contributed by atoms with Crippen molar-refractivity contribution in [1.82, 2.24) is 9.21 Å². The summed E-state index contributed by atoms with van der Waals surface area (Å²) in [5.41, 5.74) is 0. The summed E-state index contributed by atoms with van der Waals surface area (Å²) in [7, 11) is -3.37. The summed E-state index contributed by atoms with van der Waals surface area (Å²) in [5.74, 6) is -0.167. The van der Waals surface area contributed by atoms with E-state index in [1.54, 1.807) is 17.5 Å². The Morgan fingerprint density at radius 3 is 2.55 bits per heavy atom. The highest BCUT2D eigenvalue weighted by Crippen LogP contribution is 2.22. The zero-order valence-corrected chi connectivity index (χ0v) is 13.8. The quantitative estimate of drug-likeness (QED) is 0.784. The molecule has 1 fully saturated rings. The van der Waals surface area contributed by atoms with Gasteiger partial charge in [-0.2, -0.15) is 14.8 Å². The van der Waals surface area contributed by atoms with E-state index >= 15 is 0 Å². The lowest BCUT2D eigenvalue weighted by molar-refractivity contribution is 0.173. The van der Waals surface area contributed by atoms with Gasteiger partial charge in [0.05, 0.1) is 18.1 Å². The minimum Gasteiger partial charge on any atom is -0.299 e. The normalized spacial score (nSPS) is 18.5. The van der Waals surface area contributed by atoms with Gasteiger partial charge in [-0.1, -0.05) is 6.07 Å². The van der Waals surface area contributed by atoms with Gasteiger partial charge in [-0.25, -0.2) is 8.42 Å². The number of nitrogens with zero attached hydrogens (tertiary/aromatic N) is 4. The van der Waals surface area contributed by atoms with Gasteiger partial charge in [-0.15, -0.1) is 11.3 Å². The topological polar surface area (TPSA) is 88.2 Å². The molecule has 2 rings (SSSR count). The van der Waals surface area contributed by atoms with Crippen molar-refractivity contribution in [1.29, 1.82) is 10.5 Å². The van der Waals surface area contributed by atoms with Gasteiger partial charge >= 0.3 is 0 Å². The van der Waals surface area contributed by atoms with E-state index in [0.29, 0.717) is 49.8 Å². The fourth-order valence-electron chi connectivity index (χ4n) is 2.44. The molecule has 1 aromatic heterocycles. The Morgan fingerprint density at radius 2 is 2.00 bits per heavy atom. The Bertz CT molecular complexity index is 650. The van der Waals surface area contributed by atoms with Crippen LogP contribution in [0.1, 0.15) is 12.8 Å². The van der Waals surface area contributed by atoms with Crippen LogP contribution in [0.25, 0.3) is 0 Å². The first-order valence-electron chi connectivity index (χ1n) is 7.10. The van der Waals surface area contributed by atoms with E-state index in [2.05, 4.69) is 17.0 Å². The summed E-state index contributed by atoms with van der Waals surface area (Å²) >= 11 is 1.23. The predicted molar refractivity (Wildman–Crippen MR) is 83.5 cm³/mol. The average Bonchev–Trinajstić information content (AvgIpc) is 3.07. The molecule has 118 valence electrons. The molecule has 0 amide bonds. The van der Waals surface area contributed by atoms with Gasteiger partial charge in [0.15, 0.2) is 0 Å². The molecule has 1 aliphatic rings. The van der Waals surface area contributed by atoms with Crippen molar-refractivity contribution < 1.29 is 8.42 Å². The lowest BCUT2D eigenvalue weighted by atomic mass is 10.0. The van der Waals surface area contributed by atoms with E-state index < -0.39 is 10.0 Å². The van der Waals surface area contributed by atoms with Crippen LogP contribution in [0.3, 0.4) is 0 Å². The molecule has 0 bridgehead atoms. The van der Waals surface area contributed by atoms with Crippen LogP contribution < -0.4 is 0 Å². The number of nitriles is 2. The smallest absolute Gasteiger partial charge is 0.252 e. The molecule has 1 saturated heterocycles. The highest BCUT2D eigenvalue weighted by molar-refractivity contribution is 7.91. The summed E-state index contributed by atoms with van der Waals surface area (Å²) in [5, 5.41) is 19.4. The molecule has 0 spiro atoms. The fourth-order valence-corrected chi connectivity index (χ4v) is 5.00. The SMILES string of the molecule is N#CCCC(C#N)CN1CCN(S(=O)(=O)c2cccs2)CC1. The Labute approximate surface area is 135 Å². The van der Waals surface area contributed by atoms with Gasteiger partial charge in [-0.05, 0) is 17.9 Å². The van der Waals surface area contributed by atoms with Crippen LogP contribution >= 0.6 is 11.3 Å². The summed E-state index contributed by atoms with van der Waals surface area (Å²) in [6.45, 7) is 2.73. The molecule has 0 aliphatic carbocycles. The van der Waals surface area contributed by atoms with Crippen LogP contribution in [-0.4, -0.2) is 50.3 Å². The van der Waals surface area contributed by atoms with Crippen molar-refractivity contribution in [3.05, 3.63) is 17.5 Å². The number of thiophene rings is 1. The monoisotopic (exact) mass is 338 g/mol. The predicted octanol–water partition coefficient (Wildman–Crippen LogP) is 1.50. The minimum atomic E-state index is -3.37. The molecular weight excluding hydrogens is 320 g/mol. The Hall–Kier alpha value is -1.45. The molecule has 1 unspecified atom stereocenters. The van der Waals surface area contributed by atoms with Crippen molar-refractivity contribution in [2.75, 3.05) is 32.7 Å². The Balaban J connectivity index is 1.88. The zero-order valence-electron chi connectivity index (χ0n) is 12.2. The highest BCUT2D eigenvalue weighted by Gasteiger charge is 2.29. The van der Waals surface area contributed by atoms with E-state index in [9.17, 15) is 8.42 Å². The zero-order chi connectivity index (χ0) is 16.0. The minimum absolute atomic E-state index is 0.167. The fraction of sp³-hybridized carbons (Fsp3) is 0.571. The second-order valence-corrected chi connectivity index (χ2v) is 8.27. The first-order valence-corrected chi connectivity index (χ1v) is 9.42. The van der Waals surface area contributed by atoms with Crippen molar-refractivity contribution in [3.63, 3.8) is 0 Å². The number of hydrogen-bond acceptors (Lipinski definition) is 6. The Morgan fingerprint density at radius 1 is 1.27 bits per heavy atom. The lowest BCUT2D eigenvalue weighted by Crippen LogP contribution is -2.49. The molecule has 1 atom stereocenters. The maximum Gasteiger partial charge on any atom is 0.252 e. The molecule has 0 radical (unpaired) electrons. The highest BCUT2D eigenvalue weighted by atomic mass is 32.2. The van der Waals surface area contributed by atoms with Gasteiger partial charge < -0.3 is 0 Å². The molecule has 1 aromatic rings. The molecule has 22 heavy (non-hydrogen) atoms. The van der Waals surface area contributed by atoms with E-state index in [-0.39, 0.29) is 5.92 Å². The van der Waals surface area contributed by atoms with Crippen LogP contribution in [0.2, 0.25) is 0 Å². The largest absolute Gasteiger partial charge is 0.299 e. The molecule has 0 saturated carbocycles. The van der Waals surface area contributed by atoms with Gasteiger partial charge in [0, 0.05) is 39.1 Å². The van der Waals surface area contributed by atoms with Crippen molar-refractivity contribution in [2.24, 2.45) is 5.92 Å². The van der Waals surface area contributed by atoms with Crippen molar-refractivity contribution in [2.45, 2.75) is 17.1 Å². The van der Waals surface area contributed by atoms with Crippen LogP contribution in [0.4, 0.5) is 0 Å². The van der Waals surface area contributed by atoms with Crippen LogP contribution in [-0.2, 0) is 10.0 Å². The molecule has 2 heterocycles. The van der Waals surface area contributed by atoms with Crippen molar-refractivity contribution in [3.8, 4) is 12.1 Å². The average molecular weight is 338 g/mol. The third-order valence-electron chi connectivity index (χ3n) is 3.69. The third-order valence-corrected chi connectivity index (χ3v) is 6.96. The maximum absolute atomic E-state index is 12.4. The second-order valence-electron chi connectivity index (χ2n) is 5.16. The summed E-state index contributed by atoms with van der Waals surface area (Å²) in [6, 6.07) is 7.64. The number of rotatable bonds is 6. The number of hydrogen-bond donors (Lipinski definition) is 0. The molecule has 0 N–H and O–H groups in total. The van der Waals surface area contributed by atoms with Gasteiger partial charge in [0.1, 0.15) is 4.21 Å². The van der Waals surface area contributed by atoms with Gasteiger partial charge in [0.25, 0.3) is 10.0 Å². The maximum atomic E-state index is 12.4. The molecule has 1 aliphatic heterocycles. The number of piperazine rings is 1. The Kier molecular flexibility index (Phi) is 5.92. The van der Waals surface area contributed by atoms with E-state index in [4.69, 9.17) is 10.5 Å². The summed E-state index contributed by atoms with van der Waals surface area (Å²) in [4.78, 5) is 2.10. The molecule has 0 aromatic carbocycles. The second kappa shape index (κ2) is 7.70. The van der Waals surface area contributed by atoms with Gasteiger partial charge in [0.2, 0.25) is 0 Å². The summed E-state index contributed by atoms with van der Waals surface area (Å²) in [6.07, 6.45) is 0.950. The van der Waals surface area contributed by atoms with Crippen LogP contribution in [0, 0.1) is 28.6 Å². The molecule has 6 nitrogen and oxygen atoms in total. The first-order chi connectivity index (χ1) is 10.6. The van der Waals surface area contributed by atoms with E-state index in [1.165, 1.54) is 15.6 Å². The molecule has 8 heteroatoms. The standard InChI is InChI=1S/C14H18N4O2S2/c15-5-1-3-13(11-16)12-17-6-8-18(9-7-17)22(19,20)14-4-2-10-21-14/h2,4,10,13H,1,3,6-9,12H2. The van der Waals surface area contributed by atoms with Crippen LogP contribution in [0.15, 0.2) is 21.7 Å². The van der Waals surface area contributed by atoms with Crippen molar-refractivity contribution >= 4 is 21.4 Å².